The first-order valence-electron chi connectivity index (χ1n) is 30.3. The highest BCUT2D eigenvalue weighted by molar-refractivity contribution is 5.87. The summed E-state index contributed by atoms with van der Waals surface area (Å²) in [5, 5.41) is 145. The number of rotatable bonds is 14. The minimum absolute atomic E-state index is 0.00630. The van der Waals surface area contributed by atoms with Crippen LogP contribution in [-0.2, 0) is 57.0 Å². The number of hydrogen-bond donors (Lipinski definition) is 13. The first-order chi connectivity index (χ1) is 39.7. The summed E-state index contributed by atoms with van der Waals surface area (Å²) in [5.74, 6) is -1.56. The van der Waals surface area contributed by atoms with Gasteiger partial charge in [0.15, 0.2) is 25.2 Å². The molecule has 4 saturated heterocycles. The minimum atomic E-state index is -1.94. The zero-order chi connectivity index (χ0) is 62.6. The first-order valence-corrected chi connectivity index (χ1v) is 30.3. The van der Waals surface area contributed by atoms with Crippen LogP contribution in [0.15, 0.2) is 23.3 Å². The Hall–Kier alpha value is -2.42. The Morgan fingerprint density at radius 2 is 1.25 bits per heavy atom. The number of ether oxygens (including phenoxy) is 10. The van der Waals surface area contributed by atoms with Gasteiger partial charge in [-0.1, -0.05) is 66.2 Å². The molecule has 4 saturated carbocycles. The molecule has 25 nitrogen and oxygen atoms in total. The maximum Gasteiger partial charge on any atom is 0.333 e. The Morgan fingerprint density at radius 1 is 0.659 bits per heavy atom. The summed E-state index contributed by atoms with van der Waals surface area (Å²) >= 11 is 0. The van der Waals surface area contributed by atoms with E-state index in [0.29, 0.717) is 31.3 Å². The van der Waals surface area contributed by atoms with E-state index in [-0.39, 0.29) is 30.3 Å². The van der Waals surface area contributed by atoms with Crippen LogP contribution in [0.5, 0.6) is 0 Å². The van der Waals surface area contributed by atoms with Crippen LogP contribution in [0.4, 0.5) is 0 Å². The number of carbonyl (C=O) groups excluding carboxylic acids is 2. The molecule has 25 heteroatoms. The molecule has 85 heavy (non-hydrogen) atoms. The molecular formula is C60H96O25. The lowest BCUT2D eigenvalue weighted by molar-refractivity contribution is -0.398. The molecule has 0 aromatic rings. The van der Waals surface area contributed by atoms with E-state index in [2.05, 4.69) is 40.7 Å². The summed E-state index contributed by atoms with van der Waals surface area (Å²) in [6, 6.07) is 0. The van der Waals surface area contributed by atoms with E-state index < -0.39 is 206 Å². The third-order valence-electron chi connectivity index (χ3n) is 22.6. The van der Waals surface area contributed by atoms with Gasteiger partial charge in [-0.3, -0.25) is 4.79 Å². The molecule has 30 unspecified atom stereocenters. The van der Waals surface area contributed by atoms with Gasteiger partial charge in [-0.05, 0) is 105 Å². The van der Waals surface area contributed by atoms with E-state index in [9.17, 15) is 76.0 Å². The molecule has 9 rings (SSSR count). The number of hydrogen-bond acceptors (Lipinski definition) is 25. The summed E-state index contributed by atoms with van der Waals surface area (Å²) in [6.45, 7) is 18.7. The van der Waals surface area contributed by atoms with Gasteiger partial charge >= 0.3 is 11.9 Å². The van der Waals surface area contributed by atoms with Crippen molar-refractivity contribution in [1.82, 2.24) is 0 Å². The van der Waals surface area contributed by atoms with Gasteiger partial charge in [0.1, 0.15) is 104 Å². The highest BCUT2D eigenvalue weighted by atomic mass is 16.8. The summed E-state index contributed by atoms with van der Waals surface area (Å²) in [5.41, 5.74) is -2.73. The quantitative estimate of drug-likeness (QED) is 0.0434. The van der Waals surface area contributed by atoms with Crippen molar-refractivity contribution in [2.75, 3.05) is 26.4 Å². The largest absolute Gasteiger partial charge is 0.465 e. The lowest BCUT2D eigenvalue weighted by Gasteiger charge is -2.72. The Morgan fingerprint density at radius 3 is 1.87 bits per heavy atom. The molecule has 0 spiro atoms. The maximum absolute atomic E-state index is 13.4. The molecule has 5 aliphatic carbocycles. The van der Waals surface area contributed by atoms with Crippen molar-refractivity contribution >= 4 is 11.9 Å². The molecule has 0 amide bonds. The van der Waals surface area contributed by atoms with Crippen LogP contribution in [0.2, 0.25) is 0 Å². The zero-order valence-electron chi connectivity index (χ0n) is 50.7. The molecule has 4 heterocycles. The Balaban J connectivity index is 1.01. The molecule has 0 bridgehead atoms. The minimum Gasteiger partial charge on any atom is -0.465 e. The van der Waals surface area contributed by atoms with Crippen LogP contribution in [0.25, 0.3) is 0 Å². The van der Waals surface area contributed by atoms with Crippen molar-refractivity contribution in [1.29, 1.82) is 0 Å². The van der Waals surface area contributed by atoms with Crippen molar-refractivity contribution in [3.05, 3.63) is 23.3 Å². The van der Waals surface area contributed by atoms with Crippen molar-refractivity contribution < 1.29 is 123 Å². The van der Waals surface area contributed by atoms with E-state index in [1.165, 1.54) is 13.8 Å². The topological polar surface area (TPSA) is 389 Å². The smallest absolute Gasteiger partial charge is 0.333 e. The monoisotopic (exact) mass is 1220 g/mol. The second-order valence-corrected chi connectivity index (χ2v) is 28.0. The van der Waals surface area contributed by atoms with Gasteiger partial charge in [-0.2, -0.15) is 0 Å². The summed E-state index contributed by atoms with van der Waals surface area (Å²) in [6.07, 6.45) is -28.4. The van der Waals surface area contributed by atoms with Gasteiger partial charge in [0.05, 0.1) is 43.5 Å². The number of aliphatic hydroxyl groups excluding tert-OH is 13. The average molecular weight is 1220 g/mol. The predicted molar refractivity (Wildman–Crippen MR) is 292 cm³/mol. The number of carbonyl (C=O) groups is 2. The van der Waals surface area contributed by atoms with Crippen LogP contribution >= 0.6 is 0 Å². The second kappa shape index (κ2) is 24.7. The molecule has 0 aromatic carbocycles. The molecule has 4 aliphatic heterocycles. The van der Waals surface area contributed by atoms with Gasteiger partial charge in [0, 0.05) is 17.9 Å². The number of fused-ring (bicyclic) bond motifs is 7. The number of esters is 2. The second-order valence-electron chi connectivity index (χ2n) is 28.0. The average Bonchev–Trinajstić information content (AvgIpc) is 0.703. The maximum atomic E-state index is 13.4. The summed E-state index contributed by atoms with van der Waals surface area (Å²) < 4.78 is 61.2. The summed E-state index contributed by atoms with van der Waals surface area (Å²) in [4.78, 5) is 25.9. The molecule has 486 valence electrons. The van der Waals surface area contributed by atoms with Crippen LogP contribution in [-0.4, -0.2) is 246 Å². The lowest BCUT2D eigenvalue weighted by atomic mass is 9.33. The van der Waals surface area contributed by atoms with E-state index >= 15 is 0 Å². The zero-order valence-corrected chi connectivity index (χ0v) is 50.7. The van der Waals surface area contributed by atoms with E-state index in [4.69, 9.17) is 47.4 Å². The van der Waals surface area contributed by atoms with Crippen molar-refractivity contribution in [2.24, 2.45) is 50.2 Å². The Labute approximate surface area is 496 Å². The standard InChI is InChI=1S/C60H96O25/c1-12-25(2)50(75)85-49-48(74)60(24-77-27(4)63)29(19-55(49,5)6)28-13-14-34-57(9)17-16-36(56(7,8)33(57)15-18-58(34,10)59(28,11)20-35(60)64)82-53-46(40(68)32(23-76-53)81-52-45(73)42(70)38(66)30(21-61)79-52)84-54-47(43(71)39(67)31(22-62)80-54)83-51-44(72)41(69)37(65)26(3)78-51/h12-13,26,29-49,51-54,61-62,64-74H,14-24H2,1-11H3. The van der Waals surface area contributed by atoms with Crippen molar-refractivity contribution in [2.45, 2.75) is 262 Å². The Kier molecular flexibility index (Phi) is 19.4. The fraction of sp³-hybridized carbons (Fsp3) is 0.900. The molecule has 9 aliphatic rings. The van der Waals surface area contributed by atoms with Gasteiger partial charge in [0.2, 0.25) is 0 Å². The predicted octanol–water partition coefficient (Wildman–Crippen LogP) is -0.895. The number of aliphatic hydroxyl groups is 13. The van der Waals surface area contributed by atoms with Crippen LogP contribution in [0.3, 0.4) is 0 Å². The highest BCUT2D eigenvalue weighted by Gasteiger charge is 2.73. The highest BCUT2D eigenvalue weighted by Crippen LogP contribution is 2.76. The molecule has 0 radical (unpaired) electrons. The van der Waals surface area contributed by atoms with E-state index in [1.54, 1.807) is 19.9 Å². The third kappa shape index (κ3) is 11.2. The summed E-state index contributed by atoms with van der Waals surface area (Å²) in [7, 11) is 0. The van der Waals surface area contributed by atoms with E-state index in [1.807, 2.05) is 13.8 Å². The molecule has 30 atom stereocenters. The molecule has 13 N–H and O–H groups in total. The fourth-order valence-electron chi connectivity index (χ4n) is 17.2. The van der Waals surface area contributed by atoms with Gasteiger partial charge in [-0.25, -0.2) is 4.79 Å². The molecular weight excluding hydrogens is 1120 g/mol. The van der Waals surface area contributed by atoms with Gasteiger partial charge in [0.25, 0.3) is 0 Å². The third-order valence-corrected chi connectivity index (χ3v) is 22.6. The van der Waals surface area contributed by atoms with Gasteiger partial charge in [-0.15, -0.1) is 0 Å². The molecule has 0 aromatic heterocycles. The Bertz CT molecular complexity index is 2440. The molecule has 8 fully saturated rings. The normalized spacial score (nSPS) is 51.4. The lowest BCUT2D eigenvalue weighted by Crippen LogP contribution is -2.72. The van der Waals surface area contributed by atoms with E-state index in [0.717, 1.165) is 18.4 Å². The SMILES string of the molecule is CC=C(C)C(=O)OC1C(O)C2(COC(C)=O)C(O)CC3(C)C(=CCC4C5(C)CCC(OC6OCC(OC7OC(CO)C(O)C(O)C7O)C(O)C6OC6OC(CO)C(O)C(O)C6OC6OC(C)C(O)C(O)C6O)C(C)(C)C5CCC43C)C2CC1(C)C. The number of allylic oxidation sites excluding steroid dienone is 3. The van der Waals surface area contributed by atoms with Crippen molar-refractivity contribution in [3.8, 4) is 0 Å². The first kappa shape index (κ1) is 67.0. The van der Waals surface area contributed by atoms with Crippen LogP contribution in [0, 0.1) is 50.2 Å². The van der Waals surface area contributed by atoms with Gasteiger partial charge < -0.3 is 114 Å². The van der Waals surface area contributed by atoms with Crippen LogP contribution < -0.4 is 0 Å². The van der Waals surface area contributed by atoms with Crippen molar-refractivity contribution in [3.63, 3.8) is 0 Å². The fourth-order valence-corrected chi connectivity index (χ4v) is 17.2. The van der Waals surface area contributed by atoms with Crippen LogP contribution in [0.1, 0.15) is 121 Å².